The summed E-state index contributed by atoms with van der Waals surface area (Å²) in [4.78, 5) is 0. The van der Waals surface area contributed by atoms with Crippen LogP contribution in [0.4, 0.5) is 10.1 Å². The fourth-order valence-electron chi connectivity index (χ4n) is 1.86. The maximum atomic E-state index is 13.4. The summed E-state index contributed by atoms with van der Waals surface area (Å²) in [5.74, 6) is -0.197. The number of rotatable bonds is 6. The molecule has 0 fully saturated rings. The second-order valence-electron chi connectivity index (χ2n) is 4.63. The van der Waals surface area contributed by atoms with Crippen molar-refractivity contribution in [2.24, 2.45) is 5.41 Å². The summed E-state index contributed by atoms with van der Waals surface area (Å²) in [6.45, 7) is 6.72. The number of hydrogen-bond acceptors (Lipinski definition) is 2. The molecule has 0 amide bonds. The van der Waals surface area contributed by atoms with E-state index in [4.69, 9.17) is 0 Å². The van der Waals surface area contributed by atoms with Crippen molar-refractivity contribution in [3.63, 3.8) is 0 Å². The molecule has 2 nitrogen and oxygen atoms in total. The molecule has 0 saturated heterocycles. The molecule has 0 aromatic heterocycles. The lowest BCUT2D eigenvalue weighted by atomic mass is 9.83. The molecule has 0 saturated carbocycles. The smallest absolute Gasteiger partial charge is 0.128 e. The first-order valence-corrected chi connectivity index (χ1v) is 6.18. The Morgan fingerprint density at radius 1 is 1.29 bits per heavy atom. The van der Waals surface area contributed by atoms with Gasteiger partial charge < -0.3 is 10.4 Å². The van der Waals surface area contributed by atoms with Crippen molar-refractivity contribution in [3.05, 3.63) is 29.6 Å². The van der Waals surface area contributed by atoms with E-state index in [2.05, 4.69) is 19.2 Å². The summed E-state index contributed by atoms with van der Waals surface area (Å²) >= 11 is 0. The predicted octanol–water partition coefficient (Wildman–Crippen LogP) is 3.34. The zero-order chi connectivity index (χ0) is 12.9. The van der Waals surface area contributed by atoms with E-state index in [1.54, 1.807) is 13.0 Å². The number of hydrogen-bond donors (Lipinski definition) is 2. The molecule has 17 heavy (non-hydrogen) atoms. The minimum absolute atomic E-state index is 0.112. The third kappa shape index (κ3) is 3.19. The average molecular weight is 239 g/mol. The first-order valence-electron chi connectivity index (χ1n) is 6.18. The highest BCUT2D eigenvalue weighted by atomic mass is 19.1. The van der Waals surface area contributed by atoms with E-state index in [1.165, 1.54) is 6.07 Å². The van der Waals surface area contributed by atoms with E-state index >= 15 is 0 Å². The molecule has 3 heteroatoms. The molecule has 0 spiro atoms. The fourth-order valence-corrected chi connectivity index (χ4v) is 1.86. The van der Waals surface area contributed by atoms with Gasteiger partial charge in [-0.25, -0.2) is 4.39 Å². The molecule has 0 unspecified atom stereocenters. The number of aliphatic hydroxyl groups excluding tert-OH is 1. The molecular weight excluding hydrogens is 217 g/mol. The van der Waals surface area contributed by atoms with Crippen LogP contribution in [0.1, 0.15) is 32.3 Å². The molecule has 0 heterocycles. The number of nitrogens with one attached hydrogen (secondary N) is 1. The Labute approximate surface area is 103 Å². The van der Waals surface area contributed by atoms with E-state index in [-0.39, 0.29) is 17.8 Å². The molecule has 1 aromatic rings. The van der Waals surface area contributed by atoms with Crippen molar-refractivity contribution < 1.29 is 9.50 Å². The Morgan fingerprint density at radius 3 is 2.47 bits per heavy atom. The molecule has 0 aliphatic heterocycles. The number of aliphatic hydroxyl groups is 1. The summed E-state index contributed by atoms with van der Waals surface area (Å²) in [6.07, 6.45) is 1.81. The molecule has 0 radical (unpaired) electrons. The van der Waals surface area contributed by atoms with Crippen LogP contribution in [-0.4, -0.2) is 18.3 Å². The van der Waals surface area contributed by atoms with Crippen LogP contribution in [0.5, 0.6) is 0 Å². The zero-order valence-electron chi connectivity index (χ0n) is 10.9. The standard InChI is InChI=1S/C14H22FNO/c1-4-14(5-2,10-17)9-16-13-8-6-7-12(15)11(13)3/h6-8,16-17H,4-5,9-10H2,1-3H3. The normalized spacial score (nSPS) is 11.6. The molecule has 0 aliphatic carbocycles. The Balaban J connectivity index is 2.75. The van der Waals surface area contributed by atoms with Gasteiger partial charge in [-0.05, 0) is 31.9 Å². The Bertz CT molecular complexity index is 353. The topological polar surface area (TPSA) is 32.3 Å². The van der Waals surface area contributed by atoms with Crippen molar-refractivity contribution in [1.29, 1.82) is 0 Å². The summed E-state index contributed by atoms with van der Waals surface area (Å²) in [5, 5.41) is 12.7. The van der Waals surface area contributed by atoms with Gasteiger partial charge in [-0.15, -0.1) is 0 Å². The number of anilines is 1. The van der Waals surface area contributed by atoms with Gasteiger partial charge in [0.2, 0.25) is 0 Å². The summed E-state index contributed by atoms with van der Waals surface area (Å²) in [5.41, 5.74) is 1.33. The first kappa shape index (κ1) is 14.0. The van der Waals surface area contributed by atoms with Gasteiger partial charge in [0.25, 0.3) is 0 Å². The van der Waals surface area contributed by atoms with Crippen molar-refractivity contribution in [2.75, 3.05) is 18.5 Å². The van der Waals surface area contributed by atoms with Crippen molar-refractivity contribution in [1.82, 2.24) is 0 Å². The minimum atomic E-state index is -0.197. The van der Waals surface area contributed by atoms with Gasteiger partial charge in [0, 0.05) is 23.2 Å². The van der Waals surface area contributed by atoms with Crippen LogP contribution in [0.3, 0.4) is 0 Å². The van der Waals surface area contributed by atoms with E-state index in [0.29, 0.717) is 12.1 Å². The lowest BCUT2D eigenvalue weighted by Gasteiger charge is -2.30. The first-order chi connectivity index (χ1) is 8.08. The van der Waals surface area contributed by atoms with Crippen LogP contribution < -0.4 is 5.32 Å². The van der Waals surface area contributed by atoms with E-state index in [0.717, 1.165) is 18.5 Å². The van der Waals surface area contributed by atoms with Crippen molar-refractivity contribution in [2.45, 2.75) is 33.6 Å². The van der Waals surface area contributed by atoms with Crippen molar-refractivity contribution in [3.8, 4) is 0 Å². The lowest BCUT2D eigenvalue weighted by molar-refractivity contribution is 0.127. The second-order valence-corrected chi connectivity index (χ2v) is 4.63. The maximum absolute atomic E-state index is 13.4. The van der Waals surface area contributed by atoms with Crippen LogP contribution in [0.15, 0.2) is 18.2 Å². The van der Waals surface area contributed by atoms with E-state index in [1.807, 2.05) is 6.07 Å². The monoisotopic (exact) mass is 239 g/mol. The molecular formula is C14H22FNO. The summed E-state index contributed by atoms with van der Waals surface area (Å²) < 4.78 is 13.4. The molecule has 0 atom stereocenters. The van der Waals surface area contributed by atoms with Crippen LogP contribution in [0.25, 0.3) is 0 Å². The van der Waals surface area contributed by atoms with Gasteiger partial charge >= 0.3 is 0 Å². The van der Waals surface area contributed by atoms with Gasteiger partial charge in [0.1, 0.15) is 5.82 Å². The highest BCUT2D eigenvalue weighted by Gasteiger charge is 2.25. The number of benzene rings is 1. The van der Waals surface area contributed by atoms with E-state index < -0.39 is 0 Å². The second kappa shape index (κ2) is 6.01. The Morgan fingerprint density at radius 2 is 1.94 bits per heavy atom. The summed E-state index contributed by atoms with van der Waals surface area (Å²) in [6, 6.07) is 5.02. The minimum Gasteiger partial charge on any atom is -0.396 e. The summed E-state index contributed by atoms with van der Waals surface area (Å²) in [7, 11) is 0. The van der Waals surface area contributed by atoms with Crippen LogP contribution in [0, 0.1) is 18.2 Å². The third-order valence-electron chi connectivity index (χ3n) is 3.76. The molecule has 0 bridgehead atoms. The van der Waals surface area contributed by atoms with Gasteiger partial charge in [-0.3, -0.25) is 0 Å². The highest BCUT2D eigenvalue weighted by molar-refractivity contribution is 5.51. The van der Waals surface area contributed by atoms with Gasteiger partial charge in [0.15, 0.2) is 0 Å². The van der Waals surface area contributed by atoms with E-state index in [9.17, 15) is 9.50 Å². The quantitative estimate of drug-likeness (QED) is 0.798. The van der Waals surface area contributed by atoms with Gasteiger partial charge in [-0.1, -0.05) is 19.9 Å². The lowest BCUT2D eigenvalue weighted by Crippen LogP contribution is -2.32. The third-order valence-corrected chi connectivity index (χ3v) is 3.76. The fraction of sp³-hybridized carbons (Fsp3) is 0.571. The average Bonchev–Trinajstić information content (AvgIpc) is 2.36. The SMILES string of the molecule is CCC(CC)(CO)CNc1cccc(F)c1C. The van der Waals surface area contributed by atoms with Crippen LogP contribution >= 0.6 is 0 Å². The molecule has 1 rings (SSSR count). The van der Waals surface area contributed by atoms with Crippen LogP contribution in [0.2, 0.25) is 0 Å². The molecule has 1 aromatic carbocycles. The van der Waals surface area contributed by atoms with Crippen LogP contribution in [-0.2, 0) is 0 Å². The highest BCUT2D eigenvalue weighted by Crippen LogP contribution is 2.27. The van der Waals surface area contributed by atoms with Gasteiger partial charge in [0.05, 0.1) is 6.61 Å². The number of halogens is 1. The Hall–Kier alpha value is -1.09. The van der Waals surface area contributed by atoms with Crippen molar-refractivity contribution >= 4 is 5.69 Å². The predicted molar refractivity (Wildman–Crippen MR) is 69.7 cm³/mol. The van der Waals surface area contributed by atoms with Gasteiger partial charge in [-0.2, -0.15) is 0 Å². The molecule has 0 aliphatic rings. The largest absolute Gasteiger partial charge is 0.396 e. The maximum Gasteiger partial charge on any atom is 0.128 e. The molecule has 96 valence electrons. The zero-order valence-corrected chi connectivity index (χ0v) is 10.9. The Kier molecular flexibility index (Phi) is 4.94. The molecule has 2 N–H and O–H groups in total.